The van der Waals surface area contributed by atoms with Crippen LogP contribution in [0, 0.1) is 6.92 Å². The molecule has 1 amide bonds. The van der Waals surface area contributed by atoms with Gasteiger partial charge in [0.2, 0.25) is 5.76 Å². The minimum atomic E-state index is -0.182. The van der Waals surface area contributed by atoms with Crippen LogP contribution in [0.5, 0.6) is 0 Å². The van der Waals surface area contributed by atoms with E-state index in [9.17, 15) is 4.79 Å². The van der Waals surface area contributed by atoms with Gasteiger partial charge in [-0.05, 0) is 12.5 Å². The van der Waals surface area contributed by atoms with Crippen LogP contribution in [0.25, 0.3) is 0 Å². The van der Waals surface area contributed by atoms with Crippen LogP contribution in [0.4, 0.5) is 0 Å². The van der Waals surface area contributed by atoms with Gasteiger partial charge < -0.3 is 13.9 Å². The normalized spacial score (nSPS) is 10.8. The van der Waals surface area contributed by atoms with Gasteiger partial charge in [-0.25, -0.2) is 9.97 Å². The molecule has 6 heteroatoms. The number of hydrogen-bond donors (Lipinski definition) is 0. The molecule has 6 nitrogen and oxygen atoms in total. The van der Waals surface area contributed by atoms with Gasteiger partial charge in [0.05, 0.1) is 12.2 Å². The summed E-state index contributed by atoms with van der Waals surface area (Å²) in [5, 5.41) is 0. The second-order valence-electron chi connectivity index (χ2n) is 5.99. The molecule has 0 unspecified atom stereocenters. The van der Waals surface area contributed by atoms with E-state index in [2.05, 4.69) is 22.1 Å². The summed E-state index contributed by atoms with van der Waals surface area (Å²) < 4.78 is 7.61. The zero-order chi connectivity index (χ0) is 17.8. The van der Waals surface area contributed by atoms with Crippen molar-refractivity contribution in [2.24, 2.45) is 0 Å². The number of carbonyl (C=O) groups is 1. The molecule has 2 heterocycles. The minimum Gasteiger partial charge on any atom is -0.435 e. The van der Waals surface area contributed by atoms with E-state index in [0.717, 1.165) is 12.4 Å². The molecule has 0 atom stereocenters. The number of aromatic nitrogens is 3. The molecule has 0 N–H and O–H groups in total. The van der Waals surface area contributed by atoms with Crippen LogP contribution >= 0.6 is 0 Å². The van der Waals surface area contributed by atoms with Crippen LogP contribution in [-0.2, 0) is 19.5 Å². The van der Waals surface area contributed by atoms with Crippen molar-refractivity contribution in [3.63, 3.8) is 0 Å². The monoisotopic (exact) mass is 338 g/mol. The molecule has 0 aliphatic heterocycles. The fourth-order valence-corrected chi connectivity index (χ4v) is 2.67. The van der Waals surface area contributed by atoms with Gasteiger partial charge in [-0.2, -0.15) is 0 Å². The summed E-state index contributed by atoms with van der Waals surface area (Å²) in [4.78, 5) is 22.9. The Bertz CT molecular complexity index is 851. The topological polar surface area (TPSA) is 64.2 Å². The molecule has 0 aliphatic rings. The van der Waals surface area contributed by atoms with Crippen LogP contribution < -0.4 is 0 Å². The lowest BCUT2D eigenvalue weighted by Crippen LogP contribution is -2.28. The van der Waals surface area contributed by atoms with Crippen molar-refractivity contribution in [1.29, 1.82) is 0 Å². The van der Waals surface area contributed by atoms with E-state index in [-0.39, 0.29) is 5.91 Å². The molecule has 0 saturated carbocycles. The van der Waals surface area contributed by atoms with E-state index in [1.54, 1.807) is 25.1 Å². The predicted molar refractivity (Wildman–Crippen MR) is 94.2 cm³/mol. The van der Waals surface area contributed by atoms with Crippen molar-refractivity contribution >= 4 is 5.91 Å². The maximum Gasteiger partial charge on any atom is 0.291 e. The summed E-state index contributed by atoms with van der Waals surface area (Å²) in [5.41, 5.74) is 1.82. The van der Waals surface area contributed by atoms with Crippen LogP contribution in [0.15, 0.2) is 47.1 Å². The van der Waals surface area contributed by atoms with Crippen LogP contribution in [0.1, 0.15) is 40.5 Å². The number of hydrogen-bond acceptors (Lipinski definition) is 4. The molecule has 0 saturated heterocycles. The Morgan fingerprint density at radius 3 is 2.72 bits per heavy atom. The highest BCUT2D eigenvalue weighted by Gasteiger charge is 2.21. The van der Waals surface area contributed by atoms with E-state index in [1.807, 2.05) is 35.9 Å². The highest BCUT2D eigenvalue weighted by molar-refractivity contribution is 5.92. The lowest BCUT2D eigenvalue weighted by Gasteiger charge is -2.17. The van der Waals surface area contributed by atoms with Gasteiger partial charge >= 0.3 is 0 Å². The number of nitrogens with zero attached hydrogens (tertiary/aromatic N) is 4. The number of aryl methyl sites for hydroxylation is 2. The Hall–Kier alpha value is -2.89. The van der Waals surface area contributed by atoms with Gasteiger partial charge in [0.1, 0.15) is 5.82 Å². The fourth-order valence-electron chi connectivity index (χ4n) is 2.67. The Balaban J connectivity index is 1.73. The Labute approximate surface area is 147 Å². The first-order chi connectivity index (χ1) is 12.1. The maximum absolute atomic E-state index is 12.6. The van der Waals surface area contributed by atoms with E-state index < -0.39 is 0 Å². The third-order valence-corrected chi connectivity index (χ3v) is 4.06. The SMILES string of the molecule is CCc1nc(C)c(C(=O)N(C)Cc2nccn2Cc2ccccc2)o1. The molecule has 25 heavy (non-hydrogen) atoms. The highest BCUT2D eigenvalue weighted by Crippen LogP contribution is 2.15. The molecule has 3 rings (SSSR count). The summed E-state index contributed by atoms with van der Waals surface area (Å²) in [7, 11) is 1.75. The first-order valence-electron chi connectivity index (χ1n) is 8.34. The van der Waals surface area contributed by atoms with Crippen molar-refractivity contribution < 1.29 is 9.21 Å². The zero-order valence-corrected chi connectivity index (χ0v) is 14.8. The summed E-state index contributed by atoms with van der Waals surface area (Å²) in [6.07, 6.45) is 4.35. The van der Waals surface area contributed by atoms with E-state index in [1.165, 1.54) is 5.56 Å². The summed E-state index contributed by atoms with van der Waals surface area (Å²) in [6.45, 7) is 4.86. The number of rotatable bonds is 6. The Morgan fingerprint density at radius 2 is 2.04 bits per heavy atom. The van der Waals surface area contributed by atoms with Crippen LogP contribution in [-0.4, -0.2) is 32.4 Å². The average molecular weight is 338 g/mol. The summed E-state index contributed by atoms with van der Waals surface area (Å²) >= 11 is 0. The van der Waals surface area contributed by atoms with Crippen LogP contribution in [0.2, 0.25) is 0 Å². The lowest BCUT2D eigenvalue weighted by molar-refractivity contribution is 0.0745. The predicted octanol–water partition coefficient (Wildman–Crippen LogP) is 3.06. The van der Waals surface area contributed by atoms with Gasteiger partial charge in [-0.3, -0.25) is 4.79 Å². The van der Waals surface area contributed by atoms with Crippen LogP contribution in [0.3, 0.4) is 0 Å². The van der Waals surface area contributed by atoms with Gasteiger partial charge in [-0.15, -0.1) is 0 Å². The molecule has 2 aromatic heterocycles. The third kappa shape index (κ3) is 3.79. The lowest BCUT2D eigenvalue weighted by atomic mass is 10.2. The highest BCUT2D eigenvalue weighted by atomic mass is 16.4. The number of imidazole rings is 1. The molecular weight excluding hydrogens is 316 g/mol. The molecule has 0 spiro atoms. The number of benzene rings is 1. The van der Waals surface area contributed by atoms with E-state index >= 15 is 0 Å². The fraction of sp³-hybridized carbons (Fsp3) is 0.316. The standard InChI is InChI=1S/C19H22N4O2/c1-4-17-21-14(2)18(25-17)19(24)22(3)13-16-20-10-11-23(16)12-15-8-6-5-7-9-15/h5-11H,4,12-13H2,1-3H3. The Morgan fingerprint density at radius 1 is 1.28 bits per heavy atom. The quantitative estimate of drug-likeness (QED) is 0.693. The van der Waals surface area contributed by atoms with Gasteiger partial charge in [0.15, 0.2) is 5.89 Å². The molecule has 0 radical (unpaired) electrons. The van der Waals surface area contributed by atoms with Crippen molar-refractivity contribution in [3.8, 4) is 0 Å². The molecule has 0 bridgehead atoms. The maximum atomic E-state index is 12.6. The number of oxazole rings is 1. The average Bonchev–Trinajstić information content (AvgIpc) is 3.21. The first kappa shape index (κ1) is 17.0. The number of carbonyl (C=O) groups excluding carboxylic acids is 1. The van der Waals surface area contributed by atoms with Crippen molar-refractivity contribution in [3.05, 3.63) is 71.5 Å². The number of amides is 1. The summed E-state index contributed by atoms with van der Waals surface area (Å²) in [5.74, 6) is 1.53. The van der Waals surface area contributed by atoms with Gasteiger partial charge in [0.25, 0.3) is 5.91 Å². The molecule has 130 valence electrons. The van der Waals surface area contributed by atoms with Crippen molar-refractivity contribution in [2.45, 2.75) is 33.4 Å². The van der Waals surface area contributed by atoms with Crippen molar-refractivity contribution in [1.82, 2.24) is 19.4 Å². The van der Waals surface area contributed by atoms with E-state index in [4.69, 9.17) is 4.42 Å². The first-order valence-corrected chi connectivity index (χ1v) is 8.34. The molecule has 1 aromatic carbocycles. The Kier molecular flexibility index (Phi) is 4.97. The third-order valence-electron chi connectivity index (χ3n) is 4.06. The summed E-state index contributed by atoms with van der Waals surface area (Å²) in [6, 6.07) is 10.2. The second kappa shape index (κ2) is 7.34. The van der Waals surface area contributed by atoms with Gasteiger partial charge in [0, 0.05) is 32.4 Å². The van der Waals surface area contributed by atoms with Gasteiger partial charge in [-0.1, -0.05) is 37.3 Å². The zero-order valence-electron chi connectivity index (χ0n) is 14.8. The minimum absolute atomic E-state index is 0.182. The molecule has 0 aliphatic carbocycles. The second-order valence-corrected chi connectivity index (χ2v) is 5.99. The van der Waals surface area contributed by atoms with Crippen molar-refractivity contribution in [2.75, 3.05) is 7.05 Å². The molecule has 0 fully saturated rings. The smallest absolute Gasteiger partial charge is 0.291 e. The molecular formula is C19H22N4O2. The van der Waals surface area contributed by atoms with E-state index in [0.29, 0.717) is 30.3 Å². The molecule has 3 aromatic rings. The largest absolute Gasteiger partial charge is 0.435 e.